The minimum atomic E-state index is -3.29. The minimum Gasteiger partial charge on any atom is -0.314 e. The van der Waals surface area contributed by atoms with E-state index in [1.54, 1.807) is 0 Å². The molecule has 16 heavy (non-hydrogen) atoms. The first kappa shape index (κ1) is 13.9. The van der Waals surface area contributed by atoms with E-state index in [9.17, 15) is 8.42 Å². The number of hydrogen-bond donors (Lipinski definition) is 2. The van der Waals surface area contributed by atoms with Gasteiger partial charge in [-0.3, -0.25) is 0 Å². The van der Waals surface area contributed by atoms with E-state index in [-0.39, 0.29) is 5.75 Å². The van der Waals surface area contributed by atoms with Crippen LogP contribution in [0.1, 0.15) is 39.5 Å². The normalized spacial score (nSPS) is 31.6. The molecule has 5 heteroatoms. The minimum absolute atomic E-state index is 0.0800. The summed E-state index contributed by atoms with van der Waals surface area (Å²) in [6, 6.07) is 0.546. The summed E-state index contributed by atoms with van der Waals surface area (Å²) < 4.78 is 21.5. The summed E-state index contributed by atoms with van der Waals surface area (Å²) in [4.78, 5) is 0. The van der Waals surface area contributed by atoms with Gasteiger partial charge in [-0.15, -0.1) is 0 Å². The predicted molar refractivity (Wildman–Crippen MR) is 66.6 cm³/mol. The van der Waals surface area contributed by atoms with Crippen LogP contribution < -0.4 is 10.5 Å². The third-order valence-corrected chi connectivity index (χ3v) is 4.58. The van der Waals surface area contributed by atoms with Gasteiger partial charge >= 0.3 is 0 Å². The van der Waals surface area contributed by atoms with E-state index in [1.807, 2.05) is 0 Å². The van der Waals surface area contributed by atoms with Crippen LogP contribution in [0.25, 0.3) is 0 Å². The third kappa shape index (κ3) is 4.80. The summed E-state index contributed by atoms with van der Waals surface area (Å²) in [6.07, 6.45) is 4.41. The molecule has 1 aliphatic rings. The fourth-order valence-electron chi connectivity index (χ4n) is 2.43. The fourth-order valence-corrected chi connectivity index (χ4v) is 2.98. The van der Waals surface area contributed by atoms with Gasteiger partial charge in [0.25, 0.3) is 0 Å². The molecule has 0 spiro atoms. The summed E-state index contributed by atoms with van der Waals surface area (Å²) >= 11 is 0. The van der Waals surface area contributed by atoms with Gasteiger partial charge in [0.05, 0.1) is 5.75 Å². The summed E-state index contributed by atoms with van der Waals surface area (Å²) in [7, 11) is -3.29. The van der Waals surface area contributed by atoms with Crippen LogP contribution >= 0.6 is 0 Å². The van der Waals surface area contributed by atoms with E-state index in [0.29, 0.717) is 18.4 Å². The molecule has 0 aromatic carbocycles. The van der Waals surface area contributed by atoms with Crippen molar-refractivity contribution in [2.75, 3.05) is 12.3 Å². The molecule has 3 N–H and O–H groups in total. The van der Waals surface area contributed by atoms with E-state index >= 15 is 0 Å². The Morgan fingerprint density at radius 1 is 1.31 bits per heavy atom. The Bertz CT molecular complexity index is 303. The van der Waals surface area contributed by atoms with Gasteiger partial charge in [0.2, 0.25) is 10.0 Å². The average Bonchev–Trinajstić information content (AvgIpc) is 2.17. The summed E-state index contributed by atoms with van der Waals surface area (Å²) in [6.45, 7) is 5.32. The average molecular weight is 248 g/mol. The van der Waals surface area contributed by atoms with Gasteiger partial charge in [0.15, 0.2) is 0 Å². The van der Waals surface area contributed by atoms with Crippen LogP contribution in [0.3, 0.4) is 0 Å². The monoisotopic (exact) mass is 248 g/mol. The second-order valence-electron chi connectivity index (χ2n) is 5.05. The SMILES string of the molecule is CC1CCCC(NCCCS(N)(=O)=O)C1C. The molecule has 1 rings (SSSR count). The van der Waals surface area contributed by atoms with Crippen molar-refractivity contribution in [1.82, 2.24) is 5.32 Å². The number of nitrogens with two attached hydrogens (primary N) is 1. The first-order valence-electron chi connectivity index (χ1n) is 6.14. The second-order valence-corrected chi connectivity index (χ2v) is 6.78. The summed E-state index contributed by atoms with van der Waals surface area (Å²) in [5.74, 6) is 1.53. The third-order valence-electron chi connectivity index (χ3n) is 3.72. The lowest BCUT2D eigenvalue weighted by Crippen LogP contribution is -2.41. The first-order chi connectivity index (χ1) is 7.40. The van der Waals surface area contributed by atoms with Gasteiger partial charge in [-0.1, -0.05) is 26.7 Å². The van der Waals surface area contributed by atoms with Gasteiger partial charge in [0, 0.05) is 6.04 Å². The maximum Gasteiger partial charge on any atom is 0.209 e. The van der Waals surface area contributed by atoms with Crippen LogP contribution in [0, 0.1) is 11.8 Å². The Labute approximate surface area is 99.0 Å². The zero-order chi connectivity index (χ0) is 12.2. The van der Waals surface area contributed by atoms with Crippen molar-refractivity contribution >= 4 is 10.0 Å². The molecular formula is C11H24N2O2S. The van der Waals surface area contributed by atoms with Crippen molar-refractivity contribution < 1.29 is 8.42 Å². The van der Waals surface area contributed by atoms with Crippen LogP contribution in [-0.2, 0) is 10.0 Å². The summed E-state index contributed by atoms with van der Waals surface area (Å²) in [5.41, 5.74) is 0. The molecule has 0 bridgehead atoms. The Hall–Kier alpha value is -0.130. The van der Waals surface area contributed by atoms with Gasteiger partial charge < -0.3 is 5.32 Å². The van der Waals surface area contributed by atoms with E-state index in [4.69, 9.17) is 5.14 Å². The van der Waals surface area contributed by atoms with E-state index in [1.165, 1.54) is 19.3 Å². The second kappa shape index (κ2) is 5.98. The van der Waals surface area contributed by atoms with E-state index in [0.717, 1.165) is 12.5 Å². The largest absolute Gasteiger partial charge is 0.314 e. The molecule has 0 saturated heterocycles. The van der Waals surface area contributed by atoms with Crippen LogP contribution in [0.5, 0.6) is 0 Å². The maximum atomic E-state index is 10.7. The lowest BCUT2D eigenvalue weighted by Gasteiger charge is -2.34. The van der Waals surface area contributed by atoms with Crippen molar-refractivity contribution in [2.45, 2.75) is 45.6 Å². The number of nitrogens with one attached hydrogen (secondary N) is 1. The molecule has 1 fully saturated rings. The molecular weight excluding hydrogens is 224 g/mol. The highest BCUT2D eigenvalue weighted by atomic mass is 32.2. The molecule has 96 valence electrons. The molecule has 3 unspecified atom stereocenters. The Morgan fingerprint density at radius 3 is 2.62 bits per heavy atom. The highest BCUT2D eigenvalue weighted by Gasteiger charge is 2.26. The molecule has 0 aromatic rings. The highest BCUT2D eigenvalue weighted by molar-refractivity contribution is 7.89. The highest BCUT2D eigenvalue weighted by Crippen LogP contribution is 2.29. The predicted octanol–water partition coefficient (Wildman–Crippen LogP) is 1.08. The number of primary sulfonamides is 1. The van der Waals surface area contributed by atoms with Gasteiger partial charge in [-0.05, 0) is 31.2 Å². The van der Waals surface area contributed by atoms with Crippen molar-refractivity contribution in [1.29, 1.82) is 0 Å². The Balaban J connectivity index is 2.22. The lowest BCUT2D eigenvalue weighted by molar-refractivity contribution is 0.207. The van der Waals surface area contributed by atoms with E-state index in [2.05, 4.69) is 19.2 Å². The fraction of sp³-hybridized carbons (Fsp3) is 1.00. The van der Waals surface area contributed by atoms with Crippen molar-refractivity contribution in [2.24, 2.45) is 17.0 Å². The Kier molecular flexibility index (Phi) is 5.21. The van der Waals surface area contributed by atoms with Crippen molar-refractivity contribution in [3.8, 4) is 0 Å². The zero-order valence-corrected chi connectivity index (χ0v) is 11.1. The molecule has 3 atom stereocenters. The topological polar surface area (TPSA) is 72.2 Å². The van der Waals surface area contributed by atoms with Crippen LogP contribution in [0.2, 0.25) is 0 Å². The van der Waals surface area contributed by atoms with Crippen LogP contribution in [-0.4, -0.2) is 26.8 Å². The lowest BCUT2D eigenvalue weighted by atomic mass is 9.78. The molecule has 4 nitrogen and oxygen atoms in total. The zero-order valence-electron chi connectivity index (χ0n) is 10.3. The van der Waals surface area contributed by atoms with Crippen LogP contribution in [0.4, 0.5) is 0 Å². The molecule has 0 aliphatic heterocycles. The number of sulfonamides is 1. The molecule has 1 saturated carbocycles. The number of rotatable bonds is 5. The van der Waals surface area contributed by atoms with Crippen LogP contribution in [0.15, 0.2) is 0 Å². The maximum absolute atomic E-state index is 10.7. The molecule has 0 radical (unpaired) electrons. The van der Waals surface area contributed by atoms with Crippen molar-refractivity contribution in [3.63, 3.8) is 0 Å². The number of hydrogen-bond acceptors (Lipinski definition) is 3. The molecule has 1 aliphatic carbocycles. The smallest absolute Gasteiger partial charge is 0.209 e. The summed E-state index contributed by atoms with van der Waals surface area (Å²) in [5, 5.41) is 8.40. The van der Waals surface area contributed by atoms with E-state index < -0.39 is 10.0 Å². The standard InChI is InChI=1S/C11H24N2O2S/c1-9-5-3-6-11(10(9)2)13-7-4-8-16(12,14)15/h9-11,13H,3-8H2,1-2H3,(H2,12,14,15). The molecule has 0 heterocycles. The van der Waals surface area contributed by atoms with Crippen molar-refractivity contribution in [3.05, 3.63) is 0 Å². The first-order valence-corrected chi connectivity index (χ1v) is 7.85. The van der Waals surface area contributed by atoms with Gasteiger partial charge in [-0.2, -0.15) is 0 Å². The van der Waals surface area contributed by atoms with Gasteiger partial charge in [0.1, 0.15) is 0 Å². The molecule has 0 aromatic heterocycles. The van der Waals surface area contributed by atoms with Gasteiger partial charge in [-0.25, -0.2) is 13.6 Å². The quantitative estimate of drug-likeness (QED) is 0.715. The molecule has 0 amide bonds. The Morgan fingerprint density at radius 2 is 2.00 bits per heavy atom.